The normalized spacial score (nSPS) is 12.7. The van der Waals surface area contributed by atoms with E-state index < -0.39 is 33.8 Å². The van der Waals surface area contributed by atoms with E-state index in [-0.39, 0.29) is 6.42 Å². The maximum Gasteiger partial charge on any atom is 0.327 e. The van der Waals surface area contributed by atoms with Gasteiger partial charge >= 0.3 is 5.97 Å². The molecule has 1 atom stereocenters. The van der Waals surface area contributed by atoms with Crippen molar-refractivity contribution in [3.63, 3.8) is 0 Å². The van der Waals surface area contributed by atoms with E-state index in [1.165, 1.54) is 0 Å². The monoisotopic (exact) mass is 287 g/mol. The minimum atomic E-state index is -4.48. The van der Waals surface area contributed by atoms with Crippen LogP contribution >= 0.6 is 0 Å². The van der Waals surface area contributed by atoms with Crippen molar-refractivity contribution in [2.75, 3.05) is 5.75 Å². The standard InChI is InChI=1S/C11H13NO6S/c13-10(6-8-4-2-1-3-5-8)12-9(11(14)15)7-19(16,17)18/h1-5,9H,6-7H2,(H,12,13)(H,14,15)(H,16,17,18)/t9-/m0/s1. The molecule has 0 saturated carbocycles. The van der Waals surface area contributed by atoms with E-state index in [0.717, 1.165) is 0 Å². The maximum absolute atomic E-state index is 11.6. The van der Waals surface area contributed by atoms with Gasteiger partial charge in [0.1, 0.15) is 11.8 Å². The van der Waals surface area contributed by atoms with Crippen molar-refractivity contribution >= 4 is 22.0 Å². The van der Waals surface area contributed by atoms with Crippen LogP contribution in [0.25, 0.3) is 0 Å². The zero-order chi connectivity index (χ0) is 14.5. The topological polar surface area (TPSA) is 121 Å². The lowest BCUT2D eigenvalue weighted by atomic mass is 10.1. The summed E-state index contributed by atoms with van der Waals surface area (Å²) in [6, 6.07) is 6.88. The molecule has 0 spiro atoms. The Morgan fingerprint density at radius 3 is 2.26 bits per heavy atom. The number of rotatable bonds is 6. The Balaban J connectivity index is 2.65. The Hall–Kier alpha value is -1.93. The van der Waals surface area contributed by atoms with Crippen molar-refractivity contribution in [3.8, 4) is 0 Å². The van der Waals surface area contributed by atoms with E-state index in [2.05, 4.69) is 0 Å². The van der Waals surface area contributed by atoms with Gasteiger partial charge in [0.2, 0.25) is 5.91 Å². The Bertz CT molecular complexity index is 554. The van der Waals surface area contributed by atoms with Crippen LogP contribution in [-0.2, 0) is 26.1 Å². The largest absolute Gasteiger partial charge is 0.480 e. The number of benzene rings is 1. The van der Waals surface area contributed by atoms with Crippen LogP contribution in [0, 0.1) is 0 Å². The molecule has 0 bridgehead atoms. The van der Waals surface area contributed by atoms with Crippen LogP contribution in [0.2, 0.25) is 0 Å². The highest BCUT2D eigenvalue weighted by atomic mass is 32.2. The molecule has 1 aromatic carbocycles. The van der Waals surface area contributed by atoms with Crippen molar-refractivity contribution in [2.45, 2.75) is 12.5 Å². The number of carbonyl (C=O) groups is 2. The number of hydrogen-bond acceptors (Lipinski definition) is 4. The van der Waals surface area contributed by atoms with Gasteiger partial charge in [-0.3, -0.25) is 9.35 Å². The Morgan fingerprint density at radius 2 is 1.79 bits per heavy atom. The van der Waals surface area contributed by atoms with Crippen LogP contribution < -0.4 is 5.32 Å². The van der Waals surface area contributed by atoms with Crippen LogP contribution in [0.1, 0.15) is 5.56 Å². The van der Waals surface area contributed by atoms with E-state index in [4.69, 9.17) is 9.66 Å². The maximum atomic E-state index is 11.6. The molecule has 19 heavy (non-hydrogen) atoms. The predicted molar refractivity (Wildman–Crippen MR) is 66.1 cm³/mol. The van der Waals surface area contributed by atoms with Crippen LogP contribution in [0.5, 0.6) is 0 Å². The lowest BCUT2D eigenvalue weighted by Crippen LogP contribution is -2.45. The molecule has 104 valence electrons. The molecule has 1 rings (SSSR count). The molecular weight excluding hydrogens is 274 g/mol. The number of amides is 1. The smallest absolute Gasteiger partial charge is 0.327 e. The summed E-state index contributed by atoms with van der Waals surface area (Å²) in [5.41, 5.74) is 0.663. The molecule has 0 fully saturated rings. The summed E-state index contributed by atoms with van der Waals surface area (Å²) in [5, 5.41) is 10.8. The van der Waals surface area contributed by atoms with Crippen LogP contribution in [0.4, 0.5) is 0 Å². The van der Waals surface area contributed by atoms with Gasteiger partial charge in [-0.05, 0) is 5.56 Å². The number of hydrogen-bond donors (Lipinski definition) is 3. The Morgan fingerprint density at radius 1 is 1.21 bits per heavy atom. The lowest BCUT2D eigenvalue weighted by Gasteiger charge is -2.12. The zero-order valence-electron chi connectivity index (χ0n) is 9.81. The molecule has 8 heteroatoms. The molecule has 1 amide bonds. The number of aliphatic carboxylic acids is 1. The number of carboxylic acids is 1. The summed E-state index contributed by atoms with van der Waals surface area (Å²) < 4.78 is 29.9. The Labute approximate surface area is 110 Å². The summed E-state index contributed by atoms with van der Waals surface area (Å²) in [4.78, 5) is 22.3. The first-order valence-electron chi connectivity index (χ1n) is 5.29. The third-order valence-electron chi connectivity index (χ3n) is 2.22. The molecule has 0 radical (unpaired) electrons. The molecule has 7 nitrogen and oxygen atoms in total. The van der Waals surface area contributed by atoms with Crippen molar-refractivity contribution < 1.29 is 27.7 Å². The molecule has 0 saturated heterocycles. The summed E-state index contributed by atoms with van der Waals surface area (Å²) >= 11 is 0. The van der Waals surface area contributed by atoms with Crippen molar-refractivity contribution in [1.82, 2.24) is 5.32 Å². The second kappa shape index (κ2) is 6.30. The fourth-order valence-electron chi connectivity index (χ4n) is 1.41. The van der Waals surface area contributed by atoms with Gasteiger partial charge in [-0.15, -0.1) is 0 Å². The van der Waals surface area contributed by atoms with E-state index >= 15 is 0 Å². The molecule has 0 aliphatic rings. The molecule has 0 aromatic heterocycles. The number of carboxylic acid groups (broad SMARTS) is 1. The van der Waals surface area contributed by atoms with Gasteiger partial charge in [0.15, 0.2) is 0 Å². The Kier molecular flexibility index (Phi) is 5.02. The molecule has 0 heterocycles. The van der Waals surface area contributed by atoms with Crippen LogP contribution in [0.3, 0.4) is 0 Å². The molecule has 0 aliphatic heterocycles. The second-order valence-electron chi connectivity index (χ2n) is 3.87. The number of nitrogens with one attached hydrogen (secondary N) is 1. The van der Waals surface area contributed by atoms with E-state index in [0.29, 0.717) is 5.56 Å². The summed E-state index contributed by atoms with van der Waals surface area (Å²) in [5.74, 6) is -3.23. The van der Waals surface area contributed by atoms with Gasteiger partial charge < -0.3 is 10.4 Å². The average molecular weight is 287 g/mol. The van der Waals surface area contributed by atoms with Gasteiger partial charge in [-0.25, -0.2) is 4.79 Å². The summed E-state index contributed by atoms with van der Waals surface area (Å²) in [6.07, 6.45) is -0.0733. The van der Waals surface area contributed by atoms with Gasteiger partial charge in [0.25, 0.3) is 10.1 Å². The van der Waals surface area contributed by atoms with E-state index in [1.54, 1.807) is 30.3 Å². The zero-order valence-corrected chi connectivity index (χ0v) is 10.6. The fraction of sp³-hybridized carbons (Fsp3) is 0.273. The molecular formula is C11H13NO6S. The quantitative estimate of drug-likeness (QED) is 0.617. The first-order valence-corrected chi connectivity index (χ1v) is 6.90. The lowest BCUT2D eigenvalue weighted by molar-refractivity contribution is -0.141. The average Bonchev–Trinajstić information content (AvgIpc) is 2.27. The number of carbonyl (C=O) groups excluding carboxylic acids is 1. The minimum Gasteiger partial charge on any atom is -0.480 e. The summed E-state index contributed by atoms with van der Waals surface area (Å²) in [6.45, 7) is 0. The van der Waals surface area contributed by atoms with E-state index in [9.17, 15) is 18.0 Å². The molecule has 3 N–H and O–H groups in total. The van der Waals surface area contributed by atoms with Crippen molar-refractivity contribution in [1.29, 1.82) is 0 Å². The third-order valence-corrected chi connectivity index (χ3v) is 2.97. The van der Waals surface area contributed by atoms with E-state index in [1.807, 2.05) is 5.32 Å². The third kappa shape index (κ3) is 5.98. The predicted octanol–water partition coefficient (Wildman–Crippen LogP) is -0.314. The van der Waals surface area contributed by atoms with Gasteiger partial charge in [0, 0.05) is 0 Å². The van der Waals surface area contributed by atoms with Gasteiger partial charge in [0.05, 0.1) is 6.42 Å². The minimum absolute atomic E-state index is 0.0733. The summed E-state index contributed by atoms with van der Waals surface area (Å²) in [7, 11) is -4.48. The fourth-order valence-corrected chi connectivity index (χ4v) is 2.06. The van der Waals surface area contributed by atoms with Gasteiger partial charge in [-0.1, -0.05) is 30.3 Å². The molecule has 0 aliphatic carbocycles. The van der Waals surface area contributed by atoms with Crippen LogP contribution in [0.15, 0.2) is 30.3 Å². The highest BCUT2D eigenvalue weighted by Gasteiger charge is 2.25. The highest BCUT2D eigenvalue weighted by Crippen LogP contribution is 2.00. The van der Waals surface area contributed by atoms with Crippen molar-refractivity contribution in [2.24, 2.45) is 0 Å². The first-order chi connectivity index (χ1) is 8.78. The van der Waals surface area contributed by atoms with Crippen LogP contribution in [-0.4, -0.2) is 41.7 Å². The second-order valence-corrected chi connectivity index (χ2v) is 5.37. The first kappa shape index (κ1) is 15.1. The highest BCUT2D eigenvalue weighted by molar-refractivity contribution is 7.85. The van der Waals surface area contributed by atoms with Gasteiger partial charge in [-0.2, -0.15) is 8.42 Å². The molecule has 0 unspecified atom stereocenters. The van der Waals surface area contributed by atoms with Crippen molar-refractivity contribution in [3.05, 3.63) is 35.9 Å². The SMILES string of the molecule is O=C(Cc1ccccc1)N[C@@H](CS(=O)(=O)O)C(=O)O. The molecule has 1 aromatic rings.